The summed E-state index contributed by atoms with van der Waals surface area (Å²) >= 11 is 0. The number of rotatable bonds is 4. The topological polar surface area (TPSA) is 52.6 Å². The normalized spacial score (nSPS) is 15.4. The van der Waals surface area contributed by atoms with Crippen LogP contribution in [0, 0.1) is 6.92 Å². The van der Waals surface area contributed by atoms with Gasteiger partial charge in [0.2, 0.25) is 5.91 Å². The third-order valence-corrected chi connectivity index (χ3v) is 3.26. The maximum absolute atomic E-state index is 12.2. The lowest BCUT2D eigenvalue weighted by molar-refractivity contribution is -0.138. The summed E-state index contributed by atoms with van der Waals surface area (Å²) in [4.78, 5) is 26.4. The molecule has 1 heterocycles. The zero-order valence-corrected chi connectivity index (χ0v) is 12.0. The van der Waals surface area contributed by atoms with Gasteiger partial charge in [-0.15, -0.1) is 0 Å². The number of amides is 3. The van der Waals surface area contributed by atoms with Crippen LogP contribution in [0.4, 0.5) is 23.7 Å². The van der Waals surface area contributed by atoms with Crippen molar-refractivity contribution in [1.29, 1.82) is 0 Å². The molecule has 1 aromatic rings. The Morgan fingerprint density at radius 2 is 1.86 bits per heavy atom. The Kier molecular flexibility index (Phi) is 4.58. The van der Waals surface area contributed by atoms with Gasteiger partial charge in [0, 0.05) is 18.8 Å². The highest BCUT2D eigenvalue weighted by Gasteiger charge is 2.32. The van der Waals surface area contributed by atoms with Crippen LogP contribution in [0.1, 0.15) is 5.56 Å². The molecular formula is C14H16F3N3O2. The van der Waals surface area contributed by atoms with Gasteiger partial charge < -0.3 is 10.2 Å². The van der Waals surface area contributed by atoms with Crippen LogP contribution in [0.3, 0.4) is 0 Å². The molecule has 1 N–H and O–H groups in total. The Morgan fingerprint density at radius 1 is 1.23 bits per heavy atom. The largest absolute Gasteiger partial charge is 0.405 e. The van der Waals surface area contributed by atoms with E-state index in [2.05, 4.69) is 0 Å². The molecule has 1 aliphatic heterocycles. The molecule has 0 radical (unpaired) electrons. The van der Waals surface area contributed by atoms with Crippen molar-refractivity contribution in [3.63, 3.8) is 0 Å². The van der Waals surface area contributed by atoms with Crippen LogP contribution in [-0.4, -0.2) is 49.2 Å². The van der Waals surface area contributed by atoms with E-state index in [1.165, 1.54) is 9.80 Å². The Bertz CT molecular complexity index is 557. The van der Waals surface area contributed by atoms with Crippen molar-refractivity contribution >= 4 is 17.6 Å². The predicted octanol–water partition coefficient (Wildman–Crippen LogP) is 1.92. The highest BCUT2D eigenvalue weighted by atomic mass is 19.4. The van der Waals surface area contributed by atoms with Crippen molar-refractivity contribution in [3.8, 4) is 0 Å². The van der Waals surface area contributed by atoms with Crippen molar-refractivity contribution in [2.24, 2.45) is 0 Å². The number of nitrogens with zero attached hydrogens (tertiary/aromatic N) is 2. The van der Waals surface area contributed by atoms with E-state index >= 15 is 0 Å². The second-order valence-electron chi connectivity index (χ2n) is 5.08. The van der Waals surface area contributed by atoms with E-state index < -0.39 is 18.6 Å². The predicted molar refractivity (Wildman–Crippen MR) is 74.6 cm³/mol. The van der Waals surface area contributed by atoms with E-state index in [0.29, 0.717) is 18.8 Å². The summed E-state index contributed by atoms with van der Waals surface area (Å²) < 4.78 is 36.1. The first-order valence-electron chi connectivity index (χ1n) is 6.73. The van der Waals surface area contributed by atoms with Gasteiger partial charge in [0.15, 0.2) is 0 Å². The highest BCUT2D eigenvalue weighted by Crippen LogP contribution is 2.20. The molecule has 0 aromatic heterocycles. The maximum Gasteiger partial charge on any atom is 0.405 e. The number of urea groups is 1. The van der Waals surface area contributed by atoms with E-state index in [1.807, 2.05) is 19.1 Å². The van der Waals surface area contributed by atoms with Crippen molar-refractivity contribution < 1.29 is 22.8 Å². The standard InChI is InChI=1S/C14H16F3N3O2/c1-10-2-4-11(5-3-10)20-7-6-19(13(20)22)8-12(21)18-9-14(15,16)17/h2-5H,6-9H2,1H3,(H,18,21). The molecular weight excluding hydrogens is 299 g/mol. The second kappa shape index (κ2) is 6.25. The molecule has 8 heteroatoms. The lowest BCUT2D eigenvalue weighted by Gasteiger charge is -2.18. The summed E-state index contributed by atoms with van der Waals surface area (Å²) in [5.41, 5.74) is 1.76. The van der Waals surface area contributed by atoms with Gasteiger partial charge in [-0.2, -0.15) is 13.2 Å². The van der Waals surface area contributed by atoms with Crippen LogP contribution < -0.4 is 10.2 Å². The van der Waals surface area contributed by atoms with Gasteiger partial charge in [-0.3, -0.25) is 9.69 Å². The molecule has 0 saturated carbocycles. The van der Waals surface area contributed by atoms with Gasteiger partial charge in [0.05, 0.1) is 0 Å². The second-order valence-corrected chi connectivity index (χ2v) is 5.08. The molecule has 5 nitrogen and oxygen atoms in total. The SMILES string of the molecule is Cc1ccc(N2CCN(CC(=O)NCC(F)(F)F)C2=O)cc1. The van der Waals surface area contributed by atoms with Gasteiger partial charge in [0.25, 0.3) is 0 Å². The minimum absolute atomic E-state index is 0.298. The third kappa shape index (κ3) is 4.12. The number of carbonyl (C=O) groups is 2. The van der Waals surface area contributed by atoms with Gasteiger partial charge in [-0.1, -0.05) is 17.7 Å². The van der Waals surface area contributed by atoms with Crippen molar-refractivity contribution in [1.82, 2.24) is 10.2 Å². The minimum Gasteiger partial charge on any atom is -0.345 e. The van der Waals surface area contributed by atoms with Crippen molar-refractivity contribution in [3.05, 3.63) is 29.8 Å². The highest BCUT2D eigenvalue weighted by molar-refractivity contribution is 5.96. The summed E-state index contributed by atoms with van der Waals surface area (Å²) in [7, 11) is 0. The fourth-order valence-corrected chi connectivity index (χ4v) is 2.12. The smallest absolute Gasteiger partial charge is 0.345 e. The van der Waals surface area contributed by atoms with Gasteiger partial charge >= 0.3 is 12.2 Å². The van der Waals surface area contributed by atoms with Crippen LogP contribution in [0.25, 0.3) is 0 Å². The van der Waals surface area contributed by atoms with Crippen molar-refractivity contribution in [2.75, 3.05) is 31.1 Å². The zero-order valence-electron chi connectivity index (χ0n) is 12.0. The monoisotopic (exact) mass is 315 g/mol. The third-order valence-electron chi connectivity index (χ3n) is 3.26. The van der Waals surface area contributed by atoms with Gasteiger partial charge in [-0.05, 0) is 19.1 Å². The number of hydrogen-bond acceptors (Lipinski definition) is 2. The molecule has 22 heavy (non-hydrogen) atoms. The summed E-state index contributed by atoms with van der Waals surface area (Å²) in [6.45, 7) is 0.848. The first-order chi connectivity index (χ1) is 10.3. The molecule has 0 aliphatic carbocycles. The summed E-state index contributed by atoms with van der Waals surface area (Å²) in [6, 6.07) is 6.93. The Hall–Kier alpha value is -2.25. The number of hydrogen-bond donors (Lipinski definition) is 1. The van der Waals surface area contributed by atoms with E-state index in [-0.39, 0.29) is 12.6 Å². The van der Waals surface area contributed by atoms with E-state index in [4.69, 9.17) is 0 Å². The van der Waals surface area contributed by atoms with Crippen LogP contribution in [0.2, 0.25) is 0 Å². The molecule has 0 bridgehead atoms. The summed E-state index contributed by atoms with van der Waals surface area (Å²) in [6.07, 6.45) is -4.46. The average Bonchev–Trinajstić information content (AvgIpc) is 2.78. The number of anilines is 1. The molecule has 0 atom stereocenters. The van der Waals surface area contributed by atoms with Gasteiger partial charge in [-0.25, -0.2) is 4.79 Å². The summed E-state index contributed by atoms with van der Waals surface area (Å²) in [5, 5.41) is 1.76. The molecule has 0 spiro atoms. The van der Waals surface area contributed by atoms with E-state index in [9.17, 15) is 22.8 Å². The van der Waals surface area contributed by atoms with E-state index in [1.54, 1.807) is 17.4 Å². The number of alkyl halides is 3. The maximum atomic E-state index is 12.2. The number of carbonyl (C=O) groups excluding carboxylic acids is 2. The quantitative estimate of drug-likeness (QED) is 0.923. The fraction of sp³-hybridized carbons (Fsp3) is 0.429. The zero-order chi connectivity index (χ0) is 16.3. The molecule has 2 rings (SSSR count). The number of benzene rings is 1. The first kappa shape index (κ1) is 16.1. The first-order valence-corrected chi connectivity index (χ1v) is 6.73. The van der Waals surface area contributed by atoms with Crippen LogP contribution in [0.5, 0.6) is 0 Å². The molecule has 1 fully saturated rings. The number of nitrogens with one attached hydrogen (secondary N) is 1. The van der Waals surface area contributed by atoms with Crippen LogP contribution in [0.15, 0.2) is 24.3 Å². The average molecular weight is 315 g/mol. The lowest BCUT2D eigenvalue weighted by Crippen LogP contribution is -2.42. The fourth-order valence-electron chi connectivity index (χ4n) is 2.12. The van der Waals surface area contributed by atoms with Gasteiger partial charge in [0.1, 0.15) is 13.1 Å². The molecule has 1 aromatic carbocycles. The lowest BCUT2D eigenvalue weighted by atomic mass is 10.2. The summed E-state index contributed by atoms with van der Waals surface area (Å²) in [5.74, 6) is -0.823. The number of aryl methyl sites for hydroxylation is 1. The molecule has 0 unspecified atom stereocenters. The molecule has 1 saturated heterocycles. The van der Waals surface area contributed by atoms with Crippen molar-refractivity contribution in [2.45, 2.75) is 13.1 Å². The molecule has 1 aliphatic rings. The van der Waals surface area contributed by atoms with Crippen LogP contribution in [-0.2, 0) is 4.79 Å². The minimum atomic E-state index is -4.46. The Balaban J connectivity index is 1.91. The number of halogens is 3. The van der Waals surface area contributed by atoms with Crippen LogP contribution >= 0.6 is 0 Å². The Labute approximate surface area is 125 Å². The Morgan fingerprint density at radius 3 is 2.45 bits per heavy atom. The molecule has 3 amide bonds. The molecule has 120 valence electrons. The van der Waals surface area contributed by atoms with E-state index in [0.717, 1.165) is 5.56 Å².